The van der Waals surface area contributed by atoms with Gasteiger partial charge in [0.05, 0.1) is 11.8 Å². The van der Waals surface area contributed by atoms with Crippen molar-refractivity contribution < 1.29 is 4.79 Å². The largest absolute Gasteiger partial charge is 0.308 e. The Labute approximate surface area is 120 Å². The highest BCUT2D eigenvalue weighted by molar-refractivity contribution is 9.10. The summed E-state index contributed by atoms with van der Waals surface area (Å²) in [6.07, 6.45) is 4.95. The van der Waals surface area contributed by atoms with Gasteiger partial charge in [-0.2, -0.15) is 5.10 Å². The summed E-state index contributed by atoms with van der Waals surface area (Å²) in [5.41, 5.74) is 1.40. The Kier molecular flexibility index (Phi) is 4.31. The average molecular weight is 323 g/mol. The van der Waals surface area contributed by atoms with E-state index in [-0.39, 0.29) is 5.91 Å². The first kappa shape index (κ1) is 13.7. The van der Waals surface area contributed by atoms with Crippen molar-refractivity contribution in [3.05, 3.63) is 40.9 Å². The standard InChI is InChI=1S/C13H15BrN4O/c1-3-17(10-5-7-15-8-6-10)13(19)11-9-16-18(4-2)12(11)14/h5-9H,3-4H2,1-2H3. The second kappa shape index (κ2) is 5.97. The molecule has 0 radical (unpaired) electrons. The van der Waals surface area contributed by atoms with Crippen molar-refractivity contribution >= 4 is 27.5 Å². The highest BCUT2D eigenvalue weighted by Crippen LogP contribution is 2.21. The lowest BCUT2D eigenvalue weighted by molar-refractivity contribution is 0.0987. The Hall–Kier alpha value is -1.69. The molecule has 0 aliphatic carbocycles. The zero-order valence-corrected chi connectivity index (χ0v) is 12.5. The van der Waals surface area contributed by atoms with E-state index in [9.17, 15) is 4.79 Å². The molecule has 1 amide bonds. The van der Waals surface area contributed by atoms with Crippen LogP contribution in [0, 0.1) is 0 Å². The smallest absolute Gasteiger partial charge is 0.262 e. The molecule has 0 saturated carbocycles. The number of hydrogen-bond donors (Lipinski definition) is 0. The molecule has 2 rings (SSSR count). The van der Waals surface area contributed by atoms with Crippen molar-refractivity contribution in [1.29, 1.82) is 0 Å². The third-order valence-corrected chi connectivity index (χ3v) is 3.68. The second-order valence-electron chi connectivity index (χ2n) is 3.92. The number of rotatable bonds is 4. The number of aryl methyl sites for hydroxylation is 1. The topological polar surface area (TPSA) is 51.0 Å². The van der Waals surface area contributed by atoms with E-state index in [4.69, 9.17) is 0 Å². The summed E-state index contributed by atoms with van der Waals surface area (Å²) < 4.78 is 2.46. The zero-order valence-electron chi connectivity index (χ0n) is 10.9. The van der Waals surface area contributed by atoms with E-state index in [0.717, 1.165) is 12.2 Å². The van der Waals surface area contributed by atoms with Crippen LogP contribution in [0.4, 0.5) is 5.69 Å². The molecule has 5 nitrogen and oxygen atoms in total. The first-order valence-electron chi connectivity index (χ1n) is 6.12. The van der Waals surface area contributed by atoms with Crippen molar-refractivity contribution in [2.45, 2.75) is 20.4 Å². The summed E-state index contributed by atoms with van der Waals surface area (Å²) in [5.74, 6) is -0.0692. The fraction of sp³-hybridized carbons (Fsp3) is 0.308. The van der Waals surface area contributed by atoms with Gasteiger partial charge in [-0.1, -0.05) is 0 Å². The summed E-state index contributed by atoms with van der Waals surface area (Å²) in [5, 5.41) is 4.18. The second-order valence-corrected chi connectivity index (χ2v) is 4.67. The fourth-order valence-corrected chi connectivity index (χ4v) is 2.46. The van der Waals surface area contributed by atoms with Crippen LogP contribution in [0.5, 0.6) is 0 Å². The number of carbonyl (C=O) groups is 1. The molecule has 19 heavy (non-hydrogen) atoms. The molecular formula is C13H15BrN4O. The van der Waals surface area contributed by atoms with Gasteiger partial charge in [0.25, 0.3) is 5.91 Å². The van der Waals surface area contributed by atoms with Crippen LogP contribution in [0.3, 0.4) is 0 Å². The molecule has 0 N–H and O–H groups in total. The minimum Gasteiger partial charge on any atom is -0.308 e. The molecule has 6 heteroatoms. The molecule has 100 valence electrons. The van der Waals surface area contributed by atoms with Crippen molar-refractivity contribution in [2.75, 3.05) is 11.4 Å². The quantitative estimate of drug-likeness (QED) is 0.869. The highest BCUT2D eigenvalue weighted by Gasteiger charge is 2.21. The molecule has 0 aliphatic heterocycles. The Balaban J connectivity index is 2.34. The summed E-state index contributed by atoms with van der Waals surface area (Å²) in [6, 6.07) is 3.64. The molecule has 0 unspecified atom stereocenters. The number of amides is 1. The van der Waals surface area contributed by atoms with Crippen LogP contribution >= 0.6 is 15.9 Å². The fourth-order valence-electron chi connectivity index (χ4n) is 1.85. The molecule has 2 aromatic rings. The normalized spacial score (nSPS) is 10.5. The number of carbonyl (C=O) groups excluding carboxylic acids is 1. The number of pyridine rings is 1. The average Bonchev–Trinajstić information content (AvgIpc) is 2.81. The third kappa shape index (κ3) is 2.68. The number of nitrogens with zero attached hydrogens (tertiary/aromatic N) is 4. The van der Waals surface area contributed by atoms with E-state index in [0.29, 0.717) is 16.7 Å². The molecule has 0 atom stereocenters. The van der Waals surface area contributed by atoms with E-state index in [1.807, 2.05) is 26.0 Å². The van der Waals surface area contributed by atoms with Crippen molar-refractivity contribution in [1.82, 2.24) is 14.8 Å². The molecule has 2 aromatic heterocycles. The van der Waals surface area contributed by atoms with Crippen LogP contribution in [0.15, 0.2) is 35.3 Å². The number of aromatic nitrogens is 3. The van der Waals surface area contributed by atoms with E-state index >= 15 is 0 Å². The Bertz CT molecular complexity index is 567. The van der Waals surface area contributed by atoms with Crippen molar-refractivity contribution in [3.63, 3.8) is 0 Å². The van der Waals surface area contributed by atoms with Gasteiger partial charge in [0.2, 0.25) is 0 Å². The van der Waals surface area contributed by atoms with Crippen LogP contribution in [-0.4, -0.2) is 27.2 Å². The summed E-state index contributed by atoms with van der Waals surface area (Å²) in [4.78, 5) is 18.2. The van der Waals surface area contributed by atoms with Gasteiger partial charge >= 0.3 is 0 Å². The minimum absolute atomic E-state index is 0.0692. The SMILES string of the molecule is CCN(C(=O)c1cnn(CC)c1Br)c1ccncc1. The van der Waals surface area contributed by atoms with Gasteiger partial charge in [-0.25, -0.2) is 0 Å². The molecule has 0 fully saturated rings. The molecule has 0 aromatic carbocycles. The van der Waals surface area contributed by atoms with Crippen LogP contribution in [0.1, 0.15) is 24.2 Å². The monoisotopic (exact) mass is 322 g/mol. The maximum absolute atomic E-state index is 12.5. The van der Waals surface area contributed by atoms with E-state index < -0.39 is 0 Å². The van der Waals surface area contributed by atoms with Gasteiger partial charge in [-0.15, -0.1) is 0 Å². The summed E-state index contributed by atoms with van der Waals surface area (Å²) in [7, 11) is 0. The summed E-state index contributed by atoms with van der Waals surface area (Å²) in [6.45, 7) is 5.23. The van der Waals surface area contributed by atoms with Gasteiger partial charge in [0.15, 0.2) is 0 Å². The number of halogens is 1. The Morgan fingerprint density at radius 3 is 2.58 bits per heavy atom. The lowest BCUT2D eigenvalue weighted by atomic mass is 10.2. The minimum atomic E-state index is -0.0692. The zero-order chi connectivity index (χ0) is 13.8. The molecule has 2 heterocycles. The molecule has 0 bridgehead atoms. The maximum Gasteiger partial charge on any atom is 0.262 e. The van der Waals surface area contributed by atoms with Gasteiger partial charge in [0.1, 0.15) is 4.60 Å². The Morgan fingerprint density at radius 1 is 1.37 bits per heavy atom. The first-order valence-corrected chi connectivity index (χ1v) is 6.91. The number of anilines is 1. The van der Waals surface area contributed by atoms with Crippen LogP contribution in [0.25, 0.3) is 0 Å². The van der Waals surface area contributed by atoms with Crippen LogP contribution in [-0.2, 0) is 6.54 Å². The maximum atomic E-state index is 12.5. The van der Waals surface area contributed by atoms with Gasteiger partial charge in [-0.3, -0.25) is 14.5 Å². The highest BCUT2D eigenvalue weighted by atomic mass is 79.9. The third-order valence-electron chi connectivity index (χ3n) is 2.84. The van der Waals surface area contributed by atoms with E-state index in [2.05, 4.69) is 26.0 Å². The molecule has 0 aliphatic rings. The molecular weight excluding hydrogens is 308 g/mol. The molecule has 0 saturated heterocycles. The number of hydrogen-bond acceptors (Lipinski definition) is 3. The van der Waals surface area contributed by atoms with E-state index in [1.54, 1.807) is 28.2 Å². The van der Waals surface area contributed by atoms with Crippen molar-refractivity contribution in [2.24, 2.45) is 0 Å². The van der Waals surface area contributed by atoms with Gasteiger partial charge in [0, 0.05) is 31.2 Å². The predicted octanol–water partition coefficient (Wildman–Crippen LogP) is 2.73. The molecule has 0 spiro atoms. The van der Waals surface area contributed by atoms with Crippen LogP contribution < -0.4 is 4.90 Å². The lowest BCUT2D eigenvalue weighted by Gasteiger charge is -2.20. The lowest BCUT2D eigenvalue weighted by Crippen LogP contribution is -2.30. The van der Waals surface area contributed by atoms with Gasteiger partial charge in [-0.05, 0) is 41.9 Å². The van der Waals surface area contributed by atoms with Gasteiger partial charge < -0.3 is 4.90 Å². The predicted molar refractivity (Wildman–Crippen MR) is 77.2 cm³/mol. The van der Waals surface area contributed by atoms with Crippen LogP contribution in [0.2, 0.25) is 0 Å². The van der Waals surface area contributed by atoms with Crippen molar-refractivity contribution in [3.8, 4) is 0 Å². The van der Waals surface area contributed by atoms with E-state index in [1.165, 1.54) is 0 Å². The first-order chi connectivity index (χ1) is 9.19. The summed E-state index contributed by atoms with van der Waals surface area (Å²) >= 11 is 3.42. The Morgan fingerprint density at radius 2 is 2.05 bits per heavy atom.